The fourth-order valence-corrected chi connectivity index (χ4v) is 4.54. The second-order valence-corrected chi connectivity index (χ2v) is 7.47. The predicted octanol–water partition coefficient (Wildman–Crippen LogP) is 3.45. The van der Waals surface area contributed by atoms with Crippen molar-refractivity contribution in [1.82, 2.24) is 14.8 Å². The van der Waals surface area contributed by atoms with Crippen LogP contribution < -0.4 is 0 Å². The summed E-state index contributed by atoms with van der Waals surface area (Å²) >= 11 is 0. The van der Waals surface area contributed by atoms with Crippen LogP contribution in [0.25, 0.3) is 10.9 Å². The van der Waals surface area contributed by atoms with Crippen molar-refractivity contribution in [2.75, 3.05) is 13.1 Å². The molecule has 5 nitrogen and oxygen atoms in total. The van der Waals surface area contributed by atoms with E-state index in [1.807, 2.05) is 55.5 Å². The Bertz CT molecular complexity index is 1060. The number of benzene rings is 2. The van der Waals surface area contributed by atoms with Gasteiger partial charge in [-0.2, -0.15) is 0 Å². The summed E-state index contributed by atoms with van der Waals surface area (Å²) in [5, 5.41) is 1.15. The number of carbonyl (C=O) groups is 2. The van der Waals surface area contributed by atoms with Gasteiger partial charge in [0.1, 0.15) is 0 Å². The third-order valence-electron chi connectivity index (χ3n) is 6.02. The van der Waals surface area contributed by atoms with E-state index in [0.29, 0.717) is 19.5 Å². The van der Waals surface area contributed by atoms with Gasteiger partial charge in [-0.15, -0.1) is 0 Å². The number of H-pyrrole nitrogens is 1. The molecule has 0 saturated carbocycles. The highest BCUT2D eigenvalue weighted by Gasteiger charge is 2.58. The van der Waals surface area contributed by atoms with Gasteiger partial charge in [0.2, 0.25) is 0 Å². The minimum absolute atomic E-state index is 0.129. The minimum Gasteiger partial charge on any atom is -0.356 e. The quantitative estimate of drug-likeness (QED) is 0.728. The van der Waals surface area contributed by atoms with Gasteiger partial charge in [-0.1, -0.05) is 48.5 Å². The third-order valence-corrected chi connectivity index (χ3v) is 6.02. The SMILES string of the molecule is C[C@@]12C(=O)N(CCc3ccccc3)C(=O)N1CCc1c2[nH]c2ccccc12. The summed E-state index contributed by atoms with van der Waals surface area (Å²) in [5.74, 6) is -0.129. The zero-order valence-corrected chi connectivity index (χ0v) is 15.2. The van der Waals surface area contributed by atoms with E-state index in [9.17, 15) is 9.59 Å². The summed E-state index contributed by atoms with van der Waals surface area (Å²) in [6.45, 7) is 2.85. The second-order valence-electron chi connectivity index (χ2n) is 7.47. The summed E-state index contributed by atoms with van der Waals surface area (Å²) in [4.78, 5) is 33.0. The van der Waals surface area contributed by atoms with Crippen LogP contribution in [-0.2, 0) is 23.2 Å². The molecule has 1 fully saturated rings. The number of rotatable bonds is 3. The van der Waals surface area contributed by atoms with Crippen molar-refractivity contribution in [2.45, 2.75) is 25.3 Å². The summed E-state index contributed by atoms with van der Waals surface area (Å²) in [7, 11) is 0. The number of urea groups is 1. The maximum atomic E-state index is 13.4. The van der Waals surface area contributed by atoms with Gasteiger partial charge in [0.25, 0.3) is 5.91 Å². The van der Waals surface area contributed by atoms with Gasteiger partial charge in [-0.05, 0) is 37.0 Å². The van der Waals surface area contributed by atoms with Gasteiger partial charge in [0, 0.05) is 24.0 Å². The van der Waals surface area contributed by atoms with Gasteiger partial charge in [-0.25, -0.2) is 4.79 Å². The molecule has 0 bridgehead atoms. The van der Waals surface area contributed by atoms with Crippen LogP contribution in [0, 0.1) is 0 Å². The number of amides is 3. The molecule has 0 aliphatic carbocycles. The van der Waals surface area contributed by atoms with E-state index in [1.165, 1.54) is 4.90 Å². The highest BCUT2D eigenvalue weighted by molar-refractivity contribution is 6.08. The van der Waals surface area contributed by atoms with Gasteiger partial charge in [0.05, 0.1) is 5.69 Å². The molecule has 0 unspecified atom stereocenters. The van der Waals surface area contributed by atoms with Crippen molar-refractivity contribution in [1.29, 1.82) is 0 Å². The van der Waals surface area contributed by atoms with E-state index in [1.54, 1.807) is 4.90 Å². The van der Waals surface area contributed by atoms with Crippen LogP contribution in [0.2, 0.25) is 0 Å². The number of para-hydroxylation sites is 1. The van der Waals surface area contributed by atoms with Crippen molar-refractivity contribution in [3.8, 4) is 0 Å². The first-order valence-corrected chi connectivity index (χ1v) is 9.38. The largest absolute Gasteiger partial charge is 0.356 e. The normalized spacial score (nSPS) is 21.7. The molecule has 27 heavy (non-hydrogen) atoms. The van der Waals surface area contributed by atoms with Gasteiger partial charge in [-0.3, -0.25) is 9.69 Å². The molecule has 1 N–H and O–H groups in total. The molecule has 2 aliphatic heterocycles. The number of aromatic nitrogens is 1. The first-order valence-electron chi connectivity index (χ1n) is 9.38. The van der Waals surface area contributed by atoms with E-state index in [2.05, 4.69) is 11.1 Å². The number of carbonyl (C=O) groups excluding carboxylic acids is 2. The predicted molar refractivity (Wildman–Crippen MR) is 103 cm³/mol. The molecule has 1 atom stereocenters. The van der Waals surface area contributed by atoms with Gasteiger partial charge < -0.3 is 9.88 Å². The molecule has 3 heterocycles. The van der Waals surface area contributed by atoms with Crippen molar-refractivity contribution < 1.29 is 9.59 Å². The van der Waals surface area contributed by atoms with Gasteiger partial charge in [0.15, 0.2) is 5.54 Å². The van der Waals surface area contributed by atoms with Gasteiger partial charge >= 0.3 is 6.03 Å². The fraction of sp³-hybridized carbons (Fsp3) is 0.273. The summed E-state index contributed by atoms with van der Waals surface area (Å²) in [6, 6.07) is 17.9. The van der Waals surface area contributed by atoms with Crippen LogP contribution in [0.1, 0.15) is 23.7 Å². The number of aromatic amines is 1. The zero-order valence-electron chi connectivity index (χ0n) is 15.2. The Hall–Kier alpha value is -3.08. The van der Waals surface area contributed by atoms with Crippen molar-refractivity contribution in [2.24, 2.45) is 0 Å². The average molecular weight is 359 g/mol. The van der Waals surface area contributed by atoms with Crippen LogP contribution in [0.4, 0.5) is 4.79 Å². The summed E-state index contributed by atoms with van der Waals surface area (Å²) < 4.78 is 0. The Morgan fingerprint density at radius 2 is 1.78 bits per heavy atom. The lowest BCUT2D eigenvalue weighted by Crippen LogP contribution is -2.49. The molecule has 136 valence electrons. The van der Waals surface area contributed by atoms with Crippen LogP contribution in [0.15, 0.2) is 54.6 Å². The fourth-order valence-electron chi connectivity index (χ4n) is 4.54. The molecule has 1 aromatic heterocycles. The lowest BCUT2D eigenvalue weighted by atomic mass is 9.87. The van der Waals surface area contributed by atoms with E-state index in [0.717, 1.165) is 34.1 Å². The molecule has 0 radical (unpaired) electrons. The highest BCUT2D eigenvalue weighted by Crippen LogP contribution is 2.43. The third kappa shape index (κ3) is 2.17. The number of hydrogen-bond donors (Lipinski definition) is 1. The Kier molecular flexibility index (Phi) is 3.41. The van der Waals surface area contributed by atoms with Crippen LogP contribution in [0.3, 0.4) is 0 Å². The summed E-state index contributed by atoms with van der Waals surface area (Å²) in [5.41, 5.74) is 3.24. The monoisotopic (exact) mass is 359 g/mol. The smallest absolute Gasteiger partial charge is 0.328 e. The first kappa shape index (κ1) is 16.1. The zero-order chi connectivity index (χ0) is 18.6. The average Bonchev–Trinajstić information content (AvgIpc) is 3.16. The Morgan fingerprint density at radius 1 is 1.04 bits per heavy atom. The number of nitrogens with zero attached hydrogens (tertiary/aromatic N) is 2. The Balaban J connectivity index is 1.52. The molecule has 3 amide bonds. The molecule has 1 saturated heterocycles. The number of hydrogen-bond acceptors (Lipinski definition) is 2. The number of imide groups is 1. The van der Waals surface area contributed by atoms with Crippen LogP contribution >= 0.6 is 0 Å². The molecule has 3 aromatic rings. The van der Waals surface area contributed by atoms with Crippen LogP contribution in [0.5, 0.6) is 0 Å². The van der Waals surface area contributed by atoms with Crippen molar-refractivity contribution >= 4 is 22.8 Å². The lowest BCUT2D eigenvalue weighted by molar-refractivity contribution is -0.133. The second kappa shape index (κ2) is 5.71. The first-order chi connectivity index (χ1) is 13.1. The molecule has 2 aromatic carbocycles. The maximum absolute atomic E-state index is 13.4. The Labute approximate surface area is 157 Å². The maximum Gasteiger partial charge on any atom is 0.328 e. The van der Waals surface area contributed by atoms with E-state index in [4.69, 9.17) is 0 Å². The lowest BCUT2D eigenvalue weighted by Gasteiger charge is -2.36. The molecular weight excluding hydrogens is 338 g/mol. The van der Waals surface area contributed by atoms with E-state index in [-0.39, 0.29) is 11.9 Å². The number of nitrogens with one attached hydrogen (secondary N) is 1. The molecule has 0 spiro atoms. The molecule has 2 aliphatic rings. The number of fused-ring (bicyclic) bond motifs is 5. The van der Waals surface area contributed by atoms with E-state index < -0.39 is 5.54 Å². The topological polar surface area (TPSA) is 56.4 Å². The molecular formula is C22H21N3O2. The van der Waals surface area contributed by atoms with E-state index >= 15 is 0 Å². The Morgan fingerprint density at radius 3 is 2.59 bits per heavy atom. The minimum atomic E-state index is -0.944. The van der Waals surface area contributed by atoms with Crippen molar-refractivity contribution in [3.63, 3.8) is 0 Å². The molecule has 5 heteroatoms. The van der Waals surface area contributed by atoms with Crippen molar-refractivity contribution in [3.05, 3.63) is 71.4 Å². The molecule has 5 rings (SSSR count). The highest BCUT2D eigenvalue weighted by atomic mass is 16.2. The van der Waals surface area contributed by atoms with Crippen LogP contribution in [-0.4, -0.2) is 39.8 Å². The summed E-state index contributed by atoms with van der Waals surface area (Å²) in [6.07, 6.45) is 1.43. The standard InChI is InChI=1S/C22H21N3O2/c1-22-19-17(16-9-5-6-10-18(16)23-19)12-14-25(22)21(27)24(20(22)26)13-11-15-7-3-2-4-8-15/h2-10,23H,11-14H2,1H3/t22-/m1/s1.